The fraction of sp³-hybridized carbons (Fsp3) is 0. The molecule has 0 aliphatic carbocycles. The van der Waals surface area contributed by atoms with E-state index in [1.807, 2.05) is 46.4 Å². The molecule has 0 amide bonds. The first kappa shape index (κ1) is 12.1. The van der Waals surface area contributed by atoms with Crippen molar-refractivity contribution in [2.24, 2.45) is 0 Å². The van der Waals surface area contributed by atoms with Gasteiger partial charge in [-0.1, -0.05) is 24.3 Å². The predicted molar refractivity (Wildman–Crippen MR) is 81.6 cm³/mol. The third-order valence-electron chi connectivity index (χ3n) is 3.30. The van der Waals surface area contributed by atoms with Crippen LogP contribution < -0.4 is 0 Å². The van der Waals surface area contributed by atoms with Crippen LogP contribution in [0.4, 0.5) is 0 Å². The largest absolute Gasteiger partial charge is 0.453 e. The van der Waals surface area contributed by atoms with Crippen molar-refractivity contribution in [3.63, 3.8) is 0 Å². The summed E-state index contributed by atoms with van der Waals surface area (Å²) in [7, 11) is 0. The summed E-state index contributed by atoms with van der Waals surface area (Å²) in [5, 5.41) is 2.01. The highest BCUT2D eigenvalue weighted by atomic mass is 32.1. The number of imidazole rings is 1. The van der Waals surface area contributed by atoms with Crippen molar-refractivity contribution >= 4 is 22.6 Å². The number of rotatable bonds is 3. The Kier molecular flexibility index (Phi) is 2.72. The van der Waals surface area contributed by atoms with E-state index >= 15 is 0 Å². The molecule has 102 valence electrons. The Morgan fingerprint density at radius 1 is 1.10 bits per heavy atom. The van der Waals surface area contributed by atoms with E-state index in [1.165, 1.54) is 0 Å². The van der Waals surface area contributed by atoms with Crippen LogP contribution in [0.2, 0.25) is 0 Å². The zero-order valence-electron chi connectivity index (χ0n) is 10.9. The highest BCUT2D eigenvalue weighted by molar-refractivity contribution is 7.15. The molecule has 1 aromatic carbocycles. The van der Waals surface area contributed by atoms with Gasteiger partial charge < -0.3 is 4.42 Å². The number of hydrogen-bond acceptors (Lipinski definition) is 4. The number of aromatic nitrogens is 2. The lowest BCUT2D eigenvalue weighted by atomic mass is 10.1. The van der Waals surface area contributed by atoms with Crippen molar-refractivity contribution < 1.29 is 9.21 Å². The molecule has 0 aliphatic rings. The Morgan fingerprint density at radius 2 is 1.90 bits per heavy atom. The van der Waals surface area contributed by atoms with Crippen LogP contribution in [0.1, 0.15) is 10.6 Å². The second-order valence-electron chi connectivity index (χ2n) is 4.62. The number of furan rings is 1. The maximum atomic E-state index is 10.6. The lowest BCUT2D eigenvalue weighted by Crippen LogP contribution is -1.79. The normalized spacial score (nSPS) is 11.0. The molecule has 0 radical (unpaired) electrons. The standard InChI is InChI=1S/C16H10N2O2S/c19-10-13-5-6-15(20-13)12-3-1-11(2-4-12)14-9-18-7-8-21-16(18)17-14/h1-10H. The van der Waals surface area contributed by atoms with Gasteiger partial charge in [-0.05, 0) is 12.1 Å². The molecule has 4 rings (SSSR count). The minimum absolute atomic E-state index is 0.336. The van der Waals surface area contributed by atoms with Gasteiger partial charge >= 0.3 is 0 Å². The molecule has 0 atom stereocenters. The Bertz CT molecular complexity index is 887. The molecule has 0 aliphatic heterocycles. The van der Waals surface area contributed by atoms with Gasteiger partial charge in [0.25, 0.3) is 0 Å². The molecule has 5 heteroatoms. The van der Waals surface area contributed by atoms with Crippen molar-refractivity contribution in [1.29, 1.82) is 0 Å². The van der Waals surface area contributed by atoms with E-state index < -0.39 is 0 Å². The fourth-order valence-electron chi connectivity index (χ4n) is 2.24. The molecule has 4 aromatic rings. The lowest BCUT2D eigenvalue weighted by Gasteiger charge is -1.99. The number of aldehydes is 1. The minimum Gasteiger partial charge on any atom is -0.453 e. The maximum Gasteiger partial charge on any atom is 0.194 e. The molecule has 0 saturated heterocycles. The average Bonchev–Trinajstić information content (AvgIpc) is 3.22. The van der Waals surface area contributed by atoms with Gasteiger partial charge in [-0.15, -0.1) is 11.3 Å². The van der Waals surface area contributed by atoms with Gasteiger partial charge in [0.15, 0.2) is 17.0 Å². The Morgan fingerprint density at radius 3 is 2.62 bits per heavy atom. The zero-order chi connectivity index (χ0) is 14.2. The summed E-state index contributed by atoms with van der Waals surface area (Å²) < 4.78 is 7.42. The summed E-state index contributed by atoms with van der Waals surface area (Å²) in [5.74, 6) is 1.03. The molecule has 4 nitrogen and oxygen atoms in total. The van der Waals surface area contributed by atoms with Gasteiger partial charge in [0.2, 0.25) is 0 Å². The summed E-state index contributed by atoms with van der Waals surface area (Å²) in [4.78, 5) is 16.2. The monoisotopic (exact) mass is 294 g/mol. The maximum absolute atomic E-state index is 10.6. The van der Waals surface area contributed by atoms with E-state index in [2.05, 4.69) is 4.98 Å². The van der Waals surface area contributed by atoms with Crippen LogP contribution in [0.5, 0.6) is 0 Å². The minimum atomic E-state index is 0.336. The van der Waals surface area contributed by atoms with Crippen molar-refractivity contribution in [2.75, 3.05) is 0 Å². The Hall–Kier alpha value is -2.66. The number of nitrogens with zero attached hydrogens (tertiary/aromatic N) is 2. The van der Waals surface area contributed by atoms with E-state index in [9.17, 15) is 4.79 Å². The highest BCUT2D eigenvalue weighted by Crippen LogP contribution is 2.26. The average molecular weight is 294 g/mol. The number of benzene rings is 1. The third-order valence-corrected chi connectivity index (χ3v) is 4.07. The summed E-state index contributed by atoms with van der Waals surface area (Å²) in [6.07, 6.45) is 4.71. The number of thiazole rings is 1. The number of hydrogen-bond donors (Lipinski definition) is 0. The SMILES string of the molecule is O=Cc1ccc(-c2ccc(-c3cn4ccsc4n3)cc2)o1. The molecule has 3 aromatic heterocycles. The molecule has 0 saturated carbocycles. The smallest absolute Gasteiger partial charge is 0.194 e. The first-order valence-electron chi connectivity index (χ1n) is 6.41. The van der Waals surface area contributed by atoms with Gasteiger partial charge in [-0.3, -0.25) is 9.20 Å². The van der Waals surface area contributed by atoms with Crippen LogP contribution in [-0.2, 0) is 0 Å². The molecule has 21 heavy (non-hydrogen) atoms. The van der Waals surface area contributed by atoms with Gasteiger partial charge in [0.05, 0.1) is 5.69 Å². The van der Waals surface area contributed by atoms with Gasteiger partial charge in [-0.2, -0.15) is 0 Å². The first-order chi connectivity index (χ1) is 10.3. The second-order valence-corrected chi connectivity index (χ2v) is 5.49. The fourth-order valence-corrected chi connectivity index (χ4v) is 2.94. The Balaban J connectivity index is 1.69. The summed E-state index contributed by atoms with van der Waals surface area (Å²) >= 11 is 1.61. The summed E-state index contributed by atoms with van der Waals surface area (Å²) in [5.41, 5.74) is 2.94. The molecule has 0 fully saturated rings. The lowest BCUT2D eigenvalue weighted by molar-refractivity contribution is 0.110. The van der Waals surface area contributed by atoms with Crippen molar-refractivity contribution in [2.45, 2.75) is 0 Å². The zero-order valence-corrected chi connectivity index (χ0v) is 11.7. The van der Waals surface area contributed by atoms with E-state index in [-0.39, 0.29) is 0 Å². The molecule has 0 unspecified atom stereocenters. The quantitative estimate of drug-likeness (QED) is 0.534. The molecule has 0 bridgehead atoms. The second kappa shape index (κ2) is 4.71. The molecular weight excluding hydrogens is 284 g/mol. The molecule has 0 N–H and O–H groups in total. The summed E-state index contributed by atoms with van der Waals surface area (Å²) in [6, 6.07) is 11.4. The summed E-state index contributed by atoms with van der Waals surface area (Å²) in [6.45, 7) is 0. The van der Waals surface area contributed by atoms with E-state index in [0.29, 0.717) is 17.8 Å². The van der Waals surface area contributed by atoms with Crippen LogP contribution >= 0.6 is 11.3 Å². The highest BCUT2D eigenvalue weighted by Gasteiger charge is 2.07. The number of carbonyl (C=O) groups excluding carboxylic acids is 1. The number of carbonyl (C=O) groups is 1. The van der Waals surface area contributed by atoms with E-state index in [1.54, 1.807) is 23.5 Å². The molecule has 0 spiro atoms. The van der Waals surface area contributed by atoms with Crippen molar-refractivity contribution in [3.8, 4) is 22.6 Å². The van der Waals surface area contributed by atoms with Crippen molar-refractivity contribution in [1.82, 2.24) is 9.38 Å². The van der Waals surface area contributed by atoms with Gasteiger partial charge in [0.1, 0.15) is 5.76 Å². The number of fused-ring (bicyclic) bond motifs is 1. The van der Waals surface area contributed by atoms with Crippen LogP contribution in [0.15, 0.2) is 58.6 Å². The van der Waals surface area contributed by atoms with Gasteiger partial charge in [0, 0.05) is 28.9 Å². The van der Waals surface area contributed by atoms with E-state index in [4.69, 9.17) is 4.42 Å². The topological polar surface area (TPSA) is 47.5 Å². The third kappa shape index (κ3) is 2.08. The van der Waals surface area contributed by atoms with Gasteiger partial charge in [-0.25, -0.2) is 4.98 Å². The first-order valence-corrected chi connectivity index (χ1v) is 7.29. The van der Waals surface area contributed by atoms with Crippen LogP contribution in [0, 0.1) is 0 Å². The van der Waals surface area contributed by atoms with Crippen molar-refractivity contribution in [3.05, 3.63) is 59.9 Å². The van der Waals surface area contributed by atoms with Crippen LogP contribution in [0.25, 0.3) is 27.5 Å². The van der Waals surface area contributed by atoms with Crippen LogP contribution in [0.3, 0.4) is 0 Å². The predicted octanol–water partition coefficient (Wildman–Crippen LogP) is 4.14. The molecule has 3 heterocycles. The van der Waals surface area contributed by atoms with E-state index in [0.717, 1.165) is 21.8 Å². The molecular formula is C16H10N2O2S. The Labute approximate surface area is 124 Å². The van der Waals surface area contributed by atoms with Crippen LogP contribution in [-0.4, -0.2) is 15.7 Å².